The zero-order valence-electron chi connectivity index (χ0n) is 11.4. The summed E-state index contributed by atoms with van der Waals surface area (Å²) in [7, 11) is 0. The summed E-state index contributed by atoms with van der Waals surface area (Å²) in [6, 6.07) is 1.55. The number of rotatable bonds is 2. The number of nitrogens with zero attached hydrogens (tertiary/aromatic N) is 2. The summed E-state index contributed by atoms with van der Waals surface area (Å²) in [5.41, 5.74) is 6.65. The Morgan fingerprint density at radius 2 is 2.11 bits per heavy atom. The summed E-state index contributed by atoms with van der Waals surface area (Å²) < 4.78 is 0. The summed E-state index contributed by atoms with van der Waals surface area (Å²) in [6.07, 6.45) is 3.56. The van der Waals surface area contributed by atoms with E-state index in [0.29, 0.717) is 28.2 Å². The molecule has 0 unspecified atom stereocenters. The second-order valence-corrected chi connectivity index (χ2v) is 5.86. The van der Waals surface area contributed by atoms with Crippen LogP contribution in [0.5, 0.6) is 0 Å². The minimum atomic E-state index is -0.0380. The number of aromatic nitrogens is 1. The second-order valence-electron chi connectivity index (χ2n) is 5.47. The number of carbonyl (C=O) groups is 1. The van der Waals surface area contributed by atoms with Crippen molar-refractivity contribution in [2.45, 2.75) is 26.7 Å². The zero-order chi connectivity index (χ0) is 14.0. The highest BCUT2D eigenvalue weighted by Gasteiger charge is 2.26. The van der Waals surface area contributed by atoms with Gasteiger partial charge in [0.05, 0.1) is 17.4 Å². The van der Waals surface area contributed by atoms with E-state index in [-0.39, 0.29) is 5.91 Å². The number of likely N-dealkylation sites (tertiary alicyclic amines) is 1. The average Bonchev–Trinajstić information content (AvgIpc) is 2.41. The van der Waals surface area contributed by atoms with Gasteiger partial charge in [-0.3, -0.25) is 4.79 Å². The van der Waals surface area contributed by atoms with Crippen LogP contribution in [0.4, 0.5) is 5.69 Å². The molecule has 0 radical (unpaired) electrons. The molecule has 0 bridgehead atoms. The van der Waals surface area contributed by atoms with Gasteiger partial charge in [0.1, 0.15) is 5.15 Å². The molecule has 0 aromatic carbocycles. The fraction of sp³-hybridized carbons (Fsp3) is 0.571. The maximum Gasteiger partial charge on any atom is 0.256 e. The lowest BCUT2D eigenvalue weighted by atomic mass is 9.86. The van der Waals surface area contributed by atoms with Crippen molar-refractivity contribution in [2.24, 2.45) is 11.8 Å². The van der Waals surface area contributed by atoms with E-state index in [9.17, 15) is 4.79 Å². The third-order valence-corrected chi connectivity index (χ3v) is 4.11. The highest BCUT2D eigenvalue weighted by molar-refractivity contribution is 6.29. The average molecular weight is 282 g/mol. The molecule has 0 aliphatic carbocycles. The molecule has 1 amide bonds. The Bertz CT molecular complexity index is 468. The topological polar surface area (TPSA) is 59.2 Å². The summed E-state index contributed by atoms with van der Waals surface area (Å²) in [6.45, 7) is 6.06. The molecule has 104 valence electrons. The van der Waals surface area contributed by atoms with Crippen LogP contribution in [0.3, 0.4) is 0 Å². The van der Waals surface area contributed by atoms with Gasteiger partial charge in [-0.25, -0.2) is 4.98 Å². The molecular formula is C14H20ClN3O. The molecule has 1 aliphatic heterocycles. The number of nitrogen functional groups attached to an aromatic ring is 1. The van der Waals surface area contributed by atoms with Gasteiger partial charge in [-0.1, -0.05) is 25.4 Å². The van der Waals surface area contributed by atoms with Crippen LogP contribution < -0.4 is 5.73 Å². The maximum absolute atomic E-state index is 12.4. The lowest BCUT2D eigenvalue weighted by molar-refractivity contribution is 0.0668. The Balaban J connectivity index is 2.07. The van der Waals surface area contributed by atoms with Crippen molar-refractivity contribution in [1.82, 2.24) is 9.88 Å². The van der Waals surface area contributed by atoms with Gasteiger partial charge in [-0.05, 0) is 30.7 Å². The van der Waals surface area contributed by atoms with Gasteiger partial charge in [0.25, 0.3) is 5.91 Å². The number of piperidine rings is 1. The predicted octanol–water partition coefficient (Wildman–Crippen LogP) is 2.83. The van der Waals surface area contributed by atoms with Gasteiger partial charge in [0, 0.05) is 13.1 Å². The van der Waals surface area contributed by atoms with Crippen molar-refractivity contribution in [3.8, 4) is 0 Å². The third kappa shape index (κ3) is 3.18. The highest BCUT2D eigenvalue weighted by atomic mass is 35.5. The van der Waals surface area contributed by atoms with Gasteiger partial charge in [-0.2, -0.15) is 0 Å². The summed E-state index contributed by atoms with van der Waals surface area (Å²) >= 11 is 5.83. The number of hydrogen-bond donors (Lipinski definition) is 1. The minimum absolute atomic E-state index is 0.0380. The predicted molar refractivity (Wildman–Crippen MR) is 77.1 cm³/mol. The van der Waals surface area contributed by atoms with Crippen LogP contribution in [0, 0.1) is 11.8 Å². The Kier molecular flexibility index (Phi) is 4.30. The summed E-state index contributed by atoms with van der Waals surface area (Å²) in [5, 5.41) is 0.301. The van der Waals surface area contributed by atoms with Crippen LogP contribution in [-0.2, 0) is 0 Å². The standard InChI is InChI=1S/C14H20ClN3O/c1-9(2)10-3-5-18(6-4-10)14(19)11-7-13(15)17-8-12(11)16/h7-10H,3-6,16H2,1-2H3. The first kappa shape index (κ1) is 14.1. The fourth-order valence-electron chi connectivity index (χ4n) is 2.57. The van der Waals surface area contributed by atoms with Crippen molar-refractivity contribution < 1.29 is 4.79 Å². The lowest BCUT2D eigenvalue weighted by Crippen LogP contribution is -2.39. The molecule has 2 rings (SSSR count). The molecule has 1 aromatic rings. The van der Waals surface area contributed by atoms with Crippen molar-refractivity contribution in [2.75, 3.05) is 18.8 Å². The van der Waals surface area contributed by atoms with Crippen LogP contribution in [0.2, 0.25) is 5.15 Å². The van der Waals surface area contributed by atoms with Crippen molar-refractivity contribution in [1.29, 1.82) is 0 Å². The zero-order valence-corrected chi connectivity index (χ0v) is 12.2. The molecule has 1 aliphatic rings. The second kappa shape index (κ2) is 5.78. The first-order valence-corrected chi connectivity index (χ1v) is 7.07. The molecule has 19 heavy (non-hydrogen) atoms. The minimum Gasteiger partial charge on any atom is -0.397 e. The monoisotopic (exact) mass is 281 g/mol. The molecule has 1 saturated heterocycles. The fourth-order valence-corrected chi connectivity index (χ4v) is 2.72. The molecule has 1 aromatic heterocycles. The van der Waals surface area contributed by atoms with Gasteiger partial charge < -0.3 is 10.6 Å². The van der Waals surface area contributed by atoms with Crippen molar-refractivity contribution in [3.05, 3.63) is 23.0 Å². The molecule has 0 atom stereocenters. The Labute approximate surface area is 118 Å². The van der Waals surface area contributed by atoms with Gasteiger partial charge in [-0.15, -0.1) is 0 Å². The summed E-state index contributed by atoms with van der Waals surface area (Å²) in [5.74, 6) is 1.35. The maximum atomic E-state index is 12.4. The first-order chi connectivity index (χ1) is 8.99. The van der Waals surface area contributed by atoms with Gasteiger partial charge in [0.15, 0.2) is 0 Å². The first-order valence-electron chi connectivity index (χ1n) is 6.69. The lowest BCUT2D eigenvalue weighted by Gasteiger charge is -2.34. The van der Waals surface area contributed by atoms with Crippen LogP contribution in [-0.4, -0.2) is 28.9 Å². The van der Waals surface area contributed by atoms with Crippen LogP contribution in [0.15, 0.2) is 12.3 Å². The number of amides is 1. The number of nitrogens with two attached hydrogens (primary N) is 1. The molecule has 1 fully saturated rings. The van der Waals surface area contributed by atoms with E-state index in [2.05, 4.69) is 18.8 Å². The number of carbonyl (C=O) groups excluding carboxylic acids is 1. The highest BCUT2D eigenvalue weighted by Crippen LogP contribution is 2.26. The smallest absolute Gasteiger partial charge is 0.256 e. The van der Waals surface area contributed by atoms with Gasteiger partial charge >= 0.3 is 0 Å². The van der Waals surface area contributed by atoms with Crippen LogP contribution in [0.25, 0.3) is 0 Å². The molecule has 5 heteroatoms. The number of pyridine rings is 1. The van der Waals surface area contributed by atoms with E-state index in [1.165, 1.54) is 6.20 Å². The van der Waals surface area contributed by atoms with E-state index >= 15 is 0 Å². The number of halogens is 1. The largest absolute Gasteiger partial charge is 0.397 e. The van der Waals surface area contributed by atoms with Gasteiger partial charge in [0.2, 0.25) is 0 Å². The number of anilines is 1. The molecule has 0 spiro atoms. The van der Waals surface area contributed by atoms with Crippen LogP contribution >= 0.6 is 11.6 Å². The van der Waals surface area contributed by atoms with E-state index in [1.807, 2.05) is 4.90 Å². The van der Waals surface area contributed by atoms with E-state index in [1.54, 1.807) is 6.07 Å². The molecule has 4 nitrogen and oxygen atoms in total. The molecular weight excluding hydrogens is 262 g/mol. The molecule has 2 heterocycles. The SMILES string of the molecule is CC(C)C1CCN(C(=O)c2cc(Cl)ncc2N)CC1. The molecule has 0 saturated carbocycles. The van der Waals surface area contributed by atoms with E-state index < -0.39 is 0 Å². The normalized spacial score (nSPS) is 16.9. The quantitative estimate of drug-likeness (QED) is 0.848. The molecule has 2 N–H and O–H groups in total. The van der Waals surface area contributed by atoms with E-state index in [0.717, 1.165) is 25.9 Å². The summed E-state index contributed by atoms with van der Waals surface area (Å²) in [4.78, 5) is 18.1. The Hall–Kier alpha value is -1.29. The Morgan fingerprint density at radius 3 is 2.68 bits per heavy atom. The third-order valence-electron chi connectivity index (χ3n) is 3.90. The van der Waals surface area contributed by atoms with Crippen LogP contribution in [0.1, 0.15) is 37.0 Å². The Morgan fingerprint density at radius 1 is 1.47 bits per heavy atom. The number of hydrogen-bond acceptors (Lipinski definition) is 3. The van der Waals surface area contributed by atoms with Crippen molar-refractivity contribution in [3.63, 3.8) is 0 Å². The van der Waals surface area contributed by atoms with Crippen molar-refractivity contribution >= 4 is 23.2 Å². The van der Waals surface area contributed by atoms with E-state index in [4.69, 9.17) is 17.3 Å².